The van der Waals surface area contributed by atoms with Crippen LogP contribution in [0.5, 0.6) is 0 Å². The Kier molecular flexibility index (Phi) is 7.05. The summed E-state index contributed by atoms with van der Waals surface area (Å²) < 4.78 is 0. The van der Waals surface area contributed by atoms with Crippen molar-refractivity contribution in [2.45, 2.75) is 52.1 Å². The van der Waals surface area contributed by atoms with Crippen LogP contribution in [0.15, 0.2) is 54.6 Å². The van der Waals surface area contributed by atoms with Crippen LogP contribution >= 0.6 is 0 Å². The lowest BCUT2D eigenvalue weighted by atomic mass is 9.99. The molecule has 3 rings (SSSR count). The number of piperidine rings is 1. The second kappa shape index (κ2) is 9.70. The zero-order valence-electron chi connectivity index (χ0n) is 16.7. The Balaban J connectivity index is 1.45. The Labute approximate surface area is 163 Å². The van der Waals surface area contributed by atoms with Gasteiger partial charge in [0.1, 0.15) is 0 Å². The van der Waals surface area contributed by atoms with Crippen LogP contribution in [0.3, 0.4) is 0 Å². The van der Waals surface area contributed by atoms with Gasteiger partial charge in [0.05, 0.1) is 0 Å². The molecule has 0 unspecified atom stereocenters. The molecule has 0 bridgehead atoms. The van der Waals surface area contributed by atoms with E-state index in [9.17, 15) is 4.79 Å². The Morgan fingerprint density at radius 2 is 1.70 bits per heavy atom. The molecular weight excluding hydrogens is 332 g/mol. The highest BCUT2D eigenvalue weighted by atomic mass is 16.1. The summed E-state index contributed by atoms with van der Waals surface area (Å²) in [7, 11) is 0. The number of likely N-dealkylation sites (tertiary alicyclic amines) is 1. The summed E-state index contributed by atoms with van der Waals surface area (Å²) in [5.74, 6) is 0.880. The smallest absolute Gasteiger partial charge is 0.251 e. The van der Waals surface area contributed by atoms with Crippen LogP contribution in [-0.4, -0.2) is 29.9 Å². The third-order valence-electron chi connectivity index (χ3n) is 5.58. The van der Waals surface area contributed by atoms with Gasteiger partial charge in [0, 0.05) is 18.2 Å². The number of hydrogen-bond donors (Lipinski definition) is 1. The fourth-order valence-corrected chi connectivity index (χ4v) is 3.65. The first kappa shape index (κ1) is 19.6. The molecule has 0 spiro atoms. The molecule has 1 aliphatic rings. The minimum absolute atomic E-state index is 0.0221. The van der Waals surface area contributed by atoms with Gasteiger partial charge in [0.25, 0.3) is 5.91 Å². The number of carbonyl (C=O) groups is 1. The number of rotatable bonds is 7. The van der Waals surface area contributed by atoms with Crippen molar-refractivity contribution in [3.05, 3.63) is 71.3 Å². The van der Waals surface area contributed by atoms with E-state index < -0.39 is 0 Å². The van der Waals surface area contributed by atoms with Crippen molar-refractivity contribution in [3.63, 3.8) is 0 Å². The van der Waals surface area contributed by atoms with E-state index in [2.05, 4.69) is 60.5 Å². The van der Waals surface area contributed by atoms with Gasteiger partial charge < -0.3 is 5.32 Å². The number of benzene rings is 2. The van der Waals surface area contributed by atoms with E-state index in [0.29, 0.717) is 0 Å². The molecule has 1 aliphatic heterocycles. The highest BCUT2D eigenvalue weighted by Gasteiger charge is 2.16. The first-order chi connectivity index (χ1) is 13.1. The molecule has 1 heterocycles. The summed E-state index contributed by atoms with van der Waals surface area (Å²) >= 11 is 0. The van der Waals surface area contributed by atoms with Crippen molar-refractivity contribution < 1.29 is 4.79 Å². The number of nitrogens with zero attached hydrogens (tertiary/aromatic N) is 1. The van der Waals surface area contributed by atoms with Crippen molar-refractivity contribution in [3.8, 4) is 0 Å². The van der Waals surface area contributed by atoms with E-state index >= 15 is 0 Å². The van der Waals surface area contributed by atoms with Crippen LogP contribution in [-0.2, 0) is 13.0 Å². The second-order valence-electron chi connectivity index (χ2n) is 8.05. The molecule has 3 heteroatoms. The lowest BCUT2D eigenvalue weighted by molar-refractivity contribution is 0.0938. The maximum absolute atomic E-state index is 12.5. The fraction of sp³-hybridized carbons (Fsp3) is 0.458. The van der Waals surface area contributed by atoms with Crippen LogP contribution < -0.4 is 5.32 Å². The van der Waals surface area contributed by atoms with Crippen molar-refractivity contribution in [1.29, 1.82) is 0 Å². The number of carbonyl (C=O) groups excluding carboxylic acids is 1. The van der Waals surface area contributed by atoms with Gasteiger partial charge in [-0.3, -0.25) is 9.69 Å². The molecule has 1 fully saturated rings. The van der Waals surface area contributed by atoms with Gasteiger partial charge in [0.2, 0.25) is 0 Å². The number of aryl methyl sites for hydroxylation is 1. The van der Waals surface area contributed by atoms with Gasteiger partial charge in [0.15, 0.2) is 0 Å². The van der Waals surface area contributed by atoms with Gasteiger partial charge in [-0.1, -0.05) is 49.4 Å². The van der Waals surface area contributed by atoms with E-state index in [-0.39, 0.29) is 11.9 Å². The van der Waals surface area contributed by atoms with E-state index in [1.165, 1.54) is 37.1 Å². The number of nitrogens with one attached hydrogen (secondary N) is 1. The van der Waals surface area contributed by atoms with Crippen LogP contribution in [0.25, 0.3) is 0 Å². The van der Waals surface area contributed by atoms with Gasteiger partial charge in [-0.15, -0.1) is 0 Å². The van der Waals surface area contributed by atoms with Crippen molar-refractivity contribution >= 4 is 5.91 Å². The lowest BCUT2D eigenvalue weighted by Crippen LogP contribution is -2.33. The quantitative estimate of drug-likeness (QED) is 0.774. The molecule has 2 aromatic carbocycles. The zero-order chi connectivity index (χ0) is 19.1. The van der Waals surface area contributed by atoms with Crippen LogP contribution in [0, 0.1) is 5.92 Å². The third kappa shape index (κ3) is 6.21. The number of hydrogen-bond acceptors (Lipinski definition) is 2. The largest absolute Gasteiger partial charge is 0.350 e. The Morgan fingerprint density at radius 3 is 2.37 bits per heavy atom. The maximum Gasteiger partial charge on any atom is 0.251 e. The molecule has 1 amide bonds. The highest BCUT2D eigenvalue weighted by molar-refractivity contribution is 5.94. The first-order valence-corrected chi connectivity index (χ1v) is 10.3. The van der Waals surface area contributed by atoms with Gasteiger partial charge in [-0.05, 0) is 74.9 Å². The molecule has 27 heavy (non-hydrogen) atoms. The second-order valence-corrected chi connectivity index (χ2v) is 8.05. The molecule has 1 atom stereocenters. The third-order valence-corrected chi connectivity index (χ3v) is 5.58. The molecule has 0 saturated carbocycles. The highest BCUT2D eigenvalue weighted by Crippen LogP contribution is 2.18. The normalized spacial score (nSPS) is 16.8. The molecule has 0 aromatic heterocycles. The minimum atomic E-state index is 0.0221. The van der Waals surface area contributed by atoms with Crippen molar-refractivity contribution in [2.24, 2.45) is 5.92 Å². The van der Waals surface area contributed by atoms with Crippen molar-refractivity contribution in [2.75, 3.05) is 13.1 Å². The number of amides is 1. The van der Waals surface area contributed by atoms with Gasteiger partial charge in [-0.25, -0.2) is 0 Å². The minimum Gasteiger partial charge on any atom is -0.350 e. The lowest BCUT2D eigenvalue weighted by Gasteiger charge is -2.30. The molecule has 144 valence electrons. The molecular formula is C24H32N2O. The monoisotopic (exact) mass is 364 g/mol. The predicted octanol–water partition coefficient (Wildman–Crippen LogP) is 4.67. The van der Waals surface area contributed by atoms with Gasteiger partial charge >= 0.3 is 0 Å². The molecule has 0 radical (unpaired) electrons. The molecule has 3 nitrogen and oxygen atoms in total. The molecule has 0 aliphatic carbocycles. The van der Waals surface area contributed by atoms with Crippen LogP contribution in [0.2, 0.25) is 0 Å². The fourth-order valence-electron chi connectivity index (χ4n) is 3.65. The van der Waals surface area contributed by atoms with Crippen LogP contribution in [0.1, 0.15) is 54.6 Å². The van der Waals surface area contributed by atoms with Crippen molar-refractivity contribution in [1.82, 2.24) is 10.2 Å². The predicted molar refractivity (Wildman–Crippen MR) is 112 cm³/mol. The summed E-state index contributed by atoms with van der Waals surface area (Å²) in [5, 5.41) is 3.12. The average molecular weight is 365 g/mol. The Morgan fingerprint density at radius 1 is 1.04 bits per heavy atom. The SMILES string of the molecule is CC1CCN(Cc2ccc(C(=O)N[C@@H](C)CCc3ccccc3)cc2)CC1. The summed E-state index contributed by atoms with van der Waals surface area (Å²) in [6.45, 7) is 7.77. The standard InChI is InChI=1S/C24H32N2O/c1-19-14-16-26(17-15-19)18-22-10-12-23(13-11-22)24(27)25-20(2)8-9-21-6-4-3-5-7-21/h3-7,10-13,19-20H,8-9,14-18H2,1-2H3,(H,25,27)/t20-/m0/s1. The first-order valence-electron chi connectivity index (χ1n) is 10.3. The zero-order valence-corrected chi connectivity index (χ0v) is 16.7. The van der Waals surface area contributed by atoms with E-state index in [1.807, 2.05) is 18.2 Å². The van der Waals surface area contributed by atoms with E-state index in [4.69, 9.17) is 0 Å². The maximum atomic E-state index is 12.5. The summed E-state index contributed by atoms with van der Waals surface area (Å²) in [6, 6.07) is 18.7. The van der Waals surface area contributed by atoms with E-state index in [0.717, 1.165) is 30.9 Å². The summed E-state index contributed by atoms with van der Waals surface area (Å²) in [5.41, 5.74) is 3.35. The molecule has 1 saturated heterocycles. The Bertz CT molecular complexity index is 703. The topological polar surface area (TPSA) is 32.3 Å². The van der Waals surface area contributed by atoms with E-state index in [1.54, 1.807) is 0 Å². The van der Waals surface area contributed by atoms with Gasteiger partial charge in [-0.2, -0.15) is 0 Å². The Hall–Kier alpha value is -2.13. The molecule has 1 N–H and O–H groups in total. The summed E-state index contributed by atoms with van der Waals surface area (Å²) in [4.78, 5) is 15.0. The summed E-state index contributed by atoms with van der Waals surface area (Å²) in [6.07, 6.45) is 4.51. The van der Waals surface area contributed by atoms with Crippen LogP contribution in [0.4, 0.5) is 0 Å². The average Bonchev–Trinajstić information content (AvgIpc) is 2.69. The molecule has 2 aromatic rings.